The molecule has 0 saturated heterocycles. The summed E-state index contributed by atoms with van der Waals surface area (Å²) in [6.07, 6.45) is -0.359. The molecule has 2 aromatic rings. The molecule has 0 aliphatic rings. The molecule has 8 nitrogen and oxygen atoms in total. The van der Waals surface area contributed by atoms with E-state index in [1.165, 1.54) is 20.2 Å². The van der Waals surface area contributed by atoms with Gasteiger partial charge in [-0.3, -0.25) is 4.79 Å². The van der Waals surface area contributed by atoms with Crippen molar-refractivity contribution in [2.24, 2.45) is 5.16 Å². The smallest absolute Gasteiger partial charge is 0.361 e. The van der Waals surface area contributed by atoms with Crippen molar-refractivity contribution in [2.75, 3.05) is 14.2 Å². The fourth-order valence-electron chi connectivity index (χ4n) is 2.43. The lowest BCUT2D eigenvalue weighted by Gasteiger charge is -2.15. The maximum Gasteiger partial charge on any atom is 0.361 e. The highest BCUT2D eigenvalue weighted by atomic mass is 35.5. The lowest BCUT2D eigenvalue weighted by Crippen LogP contribution is -2.29. The minimum Gasteiger partial charge on any atom is -0.486 e. The van der Waals surface area contributed by atoms with E-state index in [0.29, 0.717) is 11.1 Å². The molecular weight excluding hydrogens is 433 g/mol. The topological polar surface area (TPSA) is 99.1 Å². The number of pyridine rings is 1. The van der Waals surface area contributed by atoms with Crippen molar-refractivity contribution in [1.82, 2.24) is 10.3 Å². The molecule has 0 aliphatic heterocycles. The number of likely N-dealkylation sites (N-methyl/N-ethyl adjacent to an activating group) is 1. The second kappa shape index (κ2) is 10.8. The predicted octanol–water partition coefficient (Wildman–Crippen LogP) is 3.63. The zero-order valence-electron chi connectivity index (χ0n) is 16.9. The highest BCUT2D eigenvalue weighted by Crippen LogP contribution is 2.29. The average molecular weight is 454 g/mol. The molecule has 0 radical (unpaired) electrons. The van der Waals surface area contributed by atoms with Crippen molar-refractivity contribution in [3.05, 3.63) is 57.3 Å². The molecule has 0 aliphatic carbocycles. The Morgan fingerprint density at radius 3 is 2.57 bits per heavy atom. The van der Waals surface area contributed by atoms with Crippen LogP contribution in [0, 0.1) is 0 Å². The summed E-state index contributed by atoms with van der Waals surface area (Å²) in [4.78, 5) is 33.4. The summed E-state index contributed by atoms with van der Waals surface area (Å²) < 4.78 is 11.0. The SMILES string of the molecule is CNC(=O)C(=NOC)c1ccccc1COc1cc(Cl)c(Cl)nc1C(=O)OC(C)C. The van der Waals surface area contributed by atoms with Gasteiger partial charge >= 0.3 is 5.97 Å². The Bertz CT molecular complexity index is 963. The van der Waals surface area contributed by atoms with E-state index in [1.54, 1.807) is 38.1 Å². The molecule has 1 amide bonds. The maximum absolute atomic E-state index is 12.4. The van der Waals surface area contributed by atoms with Gasteiger partial charge in [0.15, 0.2) is 17.2 Å². The zero-order chi connectivity index (χ0) is 22.3. The van der Waals surface area contributed by atoms with Gasteiger partial charge in [0.2, 0.25) is 0 Å². The Hall–Kier alpha value is -2.84. The lowest BCUT2D eigenvalue weighted by molar-refractivity contribution is -0.114. The number of oxime groups is 1. The Morgan fingerprint density at radius 2 is 1.93 bits per heavy atom. The highest BCUT2D eigenvalue weighted by molar-refractivity contribution is 6.45. The number of esters is 1. The molecule has 0 bridgehead atoms. The molecule has 10 heteroatoms. The number of halogens is 2. The van der Waals surface area contributed by atoms with Gasteiger partial charge in [0.25, 0.3) is 5.91 Å². The van der Waals surface area contributed by atoms with Crippen LogP contribution in [-0.4, -0.2) is 42.8 Å². The number of ether oxygens (including phenoxy) is 2. The minimum atomic E-state index is -0.696. The van der Waals surface area contributed by atoms with Crippen LogP contribution in [0.4, 0.5) is 0 Å². The molecule has 0 atom stereocenters. The van der Waals surface area contributed by atoms with Gasteiger partial charge in [-0.2, -0.15) is 0 Å². The molecular formula is C20H21Cl2N3O5. The van der Waals surface area contributed by atoms with Gasteiger partial charge in [-0.25, -0.2) is 9.78 Å². The first-order valence-corrected chi connectivity index (χ1v) is 9.65. The Kier molecular flexibility index (Phi) is 8.44. The van der Waals surface area contributed by atoms with Gasteiger partial charge in [-0.05, 0) is 19.4 Å². The first-order valence-electron chi connectivity index (χ1n) is 8.89. The normalized spacial score (nSPS) is 11.2. The number of carbonyl (C=O) groups is 2. The van der Waals surface area contributed by atoms with Crippen molar-refractivity contribution in [3.8, 4) is 5.75 Å². The van der Waals surface area contributed by atoms with Gasteiger partial charge in [0, 0.05) is 18.7 Å². The van der Waals surface area contributed by atoms with Gasteiger partial charge in [-0.15, -0.1) is 0 Å². The second-order valence-electron chi connectivity index (χ2n) is 6.21. The van der Waals surface area contributed by atoms with Crippen LogP contribution in [0.1, 0.15) is 35.5 Å². The third-order valence-corrected chi connectivity index (χ3v) is 4.39. The lowest BCUT2D eigenvalue weighted by atomic mass is 10.0. The van der Waals surface area contributed by atoms with E-state index in [1.807, 2.05) is 0 Å². The number of hydrogen-bond donors (Lipinski definition) is 1. The van der Waals surface area contributed by atoms with Crippen LogP contribution in [0.15, 0.2) is 35.5 Å². The molecule has 1 N–H and O–H groups in total. The number of amides is 1. The van der Waals surface area contributed by atoms with Gasteiger partial charge in [-0.1, -0.05) is 52.6 Å². The van der Waals surface area contributed by atoms with Crippen molar-refractivity contribution >= 4 is 40.8 Å². The Labute approximate surface area is 184 Å². The van der Waals surface area contributed by atoms with E-state index in [2.05, 4.69) is 15.5 Å². The monoisotopic (exact) mass is 453 g/mol. The number of aromatic nitrogens is 1. The van der Waals surface area contributed by atoms with Crippen molar-refractivity contribution in [1.29, 1.82) is 0 Å². The summed E-state index contributed by atoms with van der Waals surface area (Å²) in [7, 11) is 2.83. The van der Waals surface area contributed by atoms with Crippen LogP contribution in [0.2, 0.25) is 10.2 Å². The number of hydrogen-bond acceptors (Lipinski definition) is 7. The Balaban J connectivity index is 2.39. The van der Waals surface area contributed by atoms with Crippen LogP contribution >= 0.6 is 23.2 Å². The molecule has 160 valence electrons. The number of rotatable bonds is 8. The first-order chi connectivity index (χ1) is 14.3. The summed E-state index contributed by atoms with van der Waals surface area (Å²) in [6.45, 7) is 3.40. The quantitative estimate of drug-likeness (QED) is 0.283. The Morgan fingerprint density at radius 1 is 1.23 bits per heavy atom. The molecule has 1 aromatic carbocycles. The summed E-state index contributed by atoms with van der Waals surface area (Å²) in [5, 5.41) is 6.39. The summed E-state index contributed by atoms with van der Waals surface area (Å²) >= 11 is 12.0. The number of nitrogens with zero attached hydrogens (tertiary/aromatic N) is 2. The zero-order valence-corrected chi connectivity index (χ0v) is 18.4. The average Bonchev–Trinajstić information content (AvgIpc) is 2.71. The van der Waals surface area contributed by atoms with Crippen LogP contribution in [0.3, 0.4) is 0 Å². The summed E-state index contributed by atoms with van der Waals surface area (Å²) in [5.74, 6) is -1.03. The van der Waals surface area contributed by atoms with E-state index in [-0.39, 0.29) is 40.0 Å². The second-order valence-corrected chi connectivity index (χ2v) is 6.97. The molecule has 30 heavy (non-hydrogen) atoms. The van der Waals surface area contributed by atoms with Crippen LogP contribution < -0.4 is 10.1 Å². The molecule has 2 rings (SSSR count). The van der Waals surface area contributed by atoms with Crippen LogP contribution in [0.25, 0.3) is 0 Å². The molecule has 0 unspecified atom stereocenters. The first kappa shape index (κ1) is 23.4. The van der Waals surface area contributed by atoms with Gasteiger partial charge in [0.1, 0.15) is 18.9 Å². The number of benzene rings is 1. The van der Waals surface area contributed by atoms with Crippen LogP contribution in [0.5, 0.6) is 5.75 Å². The fraction of sp³-hybridized carbons (Fsp3) is 0.300. The largest absolute Gasteiger partial charge is 0.486 e. The molecule has 1 aromatic heterocycles. The molecule has 1 heterocycles. The standard InChI is InChI=1S/C20H21Cl2N3O5/c1-11(2)30-20(27)17-15(9-14(21)18(22)24-17)29-10-12-7-5-6-8-13(12)16(25-28-4)19(26)23-3/h5-9,11H,10H2,1-4H3,(H,23,26). The molecule has 0 fully saturated rings. The number of carbonyl (C=O) groups excluding carboxylic acids is 2. The fourth-order valence-corrected chi connectivity index (χ4v) is 2.71. The van der Waals surface area contributed by atoms with E-state index >= 15 is 0 Å². The van der Waals surface area contributed by atoms with E-state index in [4.69, 9.17) is 37.5 Å². The maximum atomic E-state index is 12.4. The van der Waals surface area contributed by atoms with E-state index in [9.17, 15) is 9.59 Å². The minimum absolute atomic E-state index is 0.0164. The molecule has 0 saturated carbocycles. The van der Waals surface area contributed by atoms with Crippen LogP contribution in [-0.2, 0) is 21.0 Å². The number of nitrogens with one attached hydrogen (secondary N) is 1. The van der Waals surface area contributed by atoms with E-state index in [0.717, 1.165) is 0 Å². The van der Waals surface area contributed by atoms with Gasteiger partial charge < -0.3 is 19.6 Å². The third kappa shape index (κ3) is 5.84. The van der Waals surface area contributed by atoms with Crippen molar-refractivity contribution in [3.63, 3.8) is 0 Å². The third-order valence-electron chi connectivity index (χ3n) is 3.71. The van der Waals surface area contributed by atoms with Crippen molar-refractivity contribution in [2.45, 2.75) is 26.6 Å². The van der Waals surface area contributed by atoms with Gasteiger partial charge in [0.05, 0.1) is 11.1 Å². The summed E-state index contributed by atoms with van der Waals surface area (Å²) in [6, 6.07) is 8.36. The predicted molar refractivity (Wildman–Crippen MR) is 113 cm³/mol. The van der Waals surface area contributed by atoms with E-state index < -0.39 is 11.9 Å². The van der Waals surface area contributed by atoms with Crippen molar-refractivity contribution < 1.29 is 23.9 Å². The molecule has 0 spiro atoms. The highest BCUT2D eigenvalue weighted by Gasteiger charge is 2.22. The summed E-state index contributed by atoms with van der Waals surface area (Å²) in [5.41, 5.74) is 1.09.